The van der Waals surface area contributed by atoms with Crippen LogP contribution >= 0.6 is 0 Å². The zero-order valence-corrected chi connectivity index (χ0v) is 10.6. The molecule has 0 N–H and O–H groups in total. The standard InChI is InChI=1S/C10H23N.C2H6/c1-5-10(6-2)8-9-11(4)7-3;1-2/h10H,5-9H2,1-4H3;1-2H3. The predicted octanol–water partition coefficient (Wildman–Crippen LogP) is 3.79. The summed E-state index contributed by atoms with van der Waals surface area (Å²) in [6.45, 7) is 13.2. The van der Waals surface area contributed by atoms with Crippen molar-refractivity contribution < 1.29 is 0 Å². The lowest BCUT2D eigenvalue weighted by Gasteiger charge is -2.17. The van der Waals surface area contributed by atoms with Crippen molar-refractivity contribution in [3.63, 3.8) is 0 Å². The lowest BCUT2D eigenvalue weighted by Crippen LogP contribution is -2.20. The van der Waals surface area contributed by atoms with Crippen LogP contribution in [0.5, 0.6) is 0 Å². The molecular weight excluding hydrogens is 158 g/mol. The molecule has 0 aromatic rings. The van der Waals surface area contributed by atoms with Gasteiger partial charge in [0.2, 0.25) is 0 Å². The van der Waals surface area contributed by atoms with Crippen LogP contribution in [-0.2, 0) is 0 Å². The second-order valence-corrected chi connectivity index (χ2v) is 3.37. The first-order valence-electron chi connectivity index (χ1n) is 5.93. The molecule has 1 heteroatoms. The highest BCUT2D eigenvalue weighted by Crippen LogP contribution is 2.12. The van der Waals surface area contributed by atoms with E-state index >= 15 is 0 Å². The van der Waals surface area contributed by atoms with Gasteiger partial charge < -0.3 is 4.90 Å². The summed E-state index contributed by atoms with van der Waals surface area (Å²) in [6, 6.07) is 0. The monoisotopic (exact) mass is 187 g/mol. The maximum Gasteiger partial charge on any atom is -0.00193 e. The molecule has 13 heavy (non-hydrogen) atoms. The summed E-state index contributed by atoms with van der Waals surface area (Å²) >= 11 is 0. The van der Waals surface area contributed by atoms with E-state index in [1.54, 1.807) is 0 Å². The first-order valence-corrected chi connectivity index (χ1v) is 5.93. The SMILES string of the molecule is CC.CCC(CC)CCN(C)CC. The Balaban J connectivity index is 0. The summed E-state index contributed by atoms with van der Waals surface area (Å²) in [5.74, 6) is 0.948. The average Bonchev–Trinajstić information content (AvgIpc) is 2.22. The molecule has 0 heterocycles. The minimum atomic E-state index is 0.948. The molecule has 0 rings (SSSR count). The number of nitrogens with zero attached hydrogens (tertiary/aromatic N) is 1. The molecule has 0 saturated carbocycles. The van der Waals surface area contributed by atoms with E-state index < -0.39 is 0 Å². The minimum Gasteiger partial charge on any atom is -0.307 e. The Bertz CT molecular complexity index is 77.2. The van der Waals surface area contributed by atoms with Gasteiger partial charge in [0.05, 0.1) is 0 Å². The summed E-state index contributed by atoms with van der Waals surface area (Å²) in [5.41, 5.74) is 0. The molecule has 0 bridgehead atoms. The van der Waals surface area contributed by atoms with E-state index in [-0.39, 0.29) is 0 Å². The molecule has 0 saturated heterocycles. The van der Waals surface area contributed by atoms with Crippen molar-refractivity contribution in [2.24, 2.45) is 5.92 Å². The Morgan fingerprint density at radius 2 is 1.46 bits per heavy atom. The van der Waals surface area contributed by atoms with Crippen LogP contribution in [0.4, 0.5) is 0 Å². The highest BCUT2D eigenvalue weighted by molar-refractivity contribution is 4.57. The summed E-state index contributed by atoms with van der Waals surface area (Å²) < 4.78 is 0. The van der Waals surface area contributed by atoms with Gasteiger partial charge in [0, 0.05) is 0 Å². The van der Waals surface area contributed by atoms with Crippen LogP contribution in [0.25, 0.3) is 0 Å². The van der Waals surface area contributed by atoms with E-state index in [2.05, 4.69) is 32.7 Å². The van der Waals surface area contributed by atoms with Crippen LogP contribution < -0.4 is 0 Å². The van der Waals surface area contributed by atoms with Crippen molar-refractivity contribution in [1.29, 1.82) is 0 Å². The molecule has 0 amide bonds. The molecule has 82 valence electrons. The lowest BCUT2D eigenvalue weighted by atomic mass is 9.99. The van der Waals surface area contributed by atoms with Crippen molar-refractivity contribution in [2.45, 2.75) is 53.9 Å². The third-order valence-corrected chi connectivity index (χ3v) is 2.61. The molecule has 0 spiro atoms. The third kappa shape index (κ3) is 9.88. The zero-order chi connectivity index (χ0) is 10.7. The topological polar surface area (TPSA) is 3.24 Å². The van der Waals surface area contributed by atoms with Gasteiger partial charge in [-0.25, -0.2) is 0 Å². The van der Waals surface area contributed by atoms with E-state index in [4.69, 9.17) is 0 Å². The number of hydrogen-bond acceptors (Lipinski definition) is 1. The number of hydrogen-bond donors (Lipinski definition) is 0. The van der Waals surface area contributed by atoms with Crippen molar-refractivity contribution in [3.05, 3.63) is 0 Å². The first-order chi connectivity index (χ1) is 6.24. The Hall–Kier alpha value is -0.0400. The molecule has 0 aromatic heterocycles. The highest BCUT2D eigenvalue weighted by Gasteiger charge is 2.03. The van der Waals surface area contributed by atoms with Gasteiger partial charge in [0.25, 0.3) is 0 Å². The van der Waals surface area contributed by atoms with E-state index in [1.807, 2.05) is 13.8 Å². The van der Waals surface area contributed by atoms with Gasteiger partial charge >= 0.3 is 0 Å². The minimum absolute atomic E-state index is 0.948. The van der Waals surface area contributed by atoms with Gasteiger partial charge in [-0.1, -0.05) is 47.5 Å². The normalized spacial score (nSPS) is 10.2. The van der Waals surface area contributed by atoms with Crippen molar-refractivity contribution in [1.82, 2.24) is 4.90 Å². The van der Waals surface area contributed by atoms with Crippen LogP contribution in [-0.4, -0.2) is 25.0 Å². The molecule has 0 radical (unpaired) electrons. The van der Waals surface area contributed by atoms with Crippen molar-refractivity contribution in [3.8, 4) is 0 Å². The summed E-state index contributed by atoms with van der Waals surface area (Å²) in [4.78, 5) is 2.39. The Morgan fingerprint density at radius 3 is 1.77 bits per heavy atom. The molecule has 0 aliphatic carbocycles. The first kappa shape index (κ1) is 15.4. The van der Waals surface area contributed by atoms with Crippen LogP contribution in [0, 0.1) is 5.92 Å². The predicted molar refractivity (Wildman–Crippen MR) is 63.2 cm³/mol. The van der Waals surface area contributed by atoms with Crippen LogP contribution in [0.15, 0.2) is 0 Å². The van der Waals surface area contributed by atoms with Gasteiger partial charge in [0.1, 0.15) is 0 Å². The lowest BCUT2D eigenvalue weighted by molar-refractivity contribution is 0.305. The van der Waals surface area contributed by atoms with Gasteiger partial charge in [-0.2, -0.15) is 0 Å². The van der Waals surface area contributed by atoms with Gasteiger partial charge in [-0.3, -0.25) is 0 Å². The molecular formula is C12H29N. The molecule has 0 aliphatic rings. The highest BCUT2D eigenvalue weighted by atomic mass is 15.1. The molecule has 0 atom stereocenters. The van der Waals surface area contributed by atoms with Crippen LogP contribution in [0.2, 0.25) is 0 Å². The second kappa shape index (κ2) is 12.0. The van der Waals surface area contributed by atoms with Gasteiger partial charge in [0.15, 0.2) is 0 Å². The quantitative estimate of drug-likeness (QED) is 0.611. The fourth-order valence-corrected chi connectivity index (χ4v) is 1.26. The van der Waals surface area contributed by atoms with Gasteiger partial charge in [-0.05, 0) is 32.5 Å². The Morgan fingerprint density at radius 1 is 1.00 bits per heavy atom. The van der Waals surface area contributed by atoms with Crippen LogP contribution in [0.1, 0.15) is 53.9 Å². The largest absolute Gasteiger partial charge is 0.307 e. The summed E-state index contributed by atoms with van der Waals surface area (Å²) in [7, 11) is 2.20. The maximum absolute atomic E-state index is 2.39. The smallest absolute Gasteiger partial charge is 0.00193 e. The number of rotatable bonds is 6. The van der Waals surface area contributed by atoms with Gasteiger partial charge in [-0.15, -0.1) is 0 Å². The van der Waals surface area contributed by atoms with Crippen molar-refractivity contribution >= 4 is 0 Å². The second-order valence-electron chi connectivity index (χ2n) is 3.37. The van der Waals surface area contributed by atoms with Crippen LogP contribution in [0.3, 0.4) is 0 Å². The Labute approximate surface area is 85.5 Å². The average molecular weight is 187 g/mol. The van der Waals surface area contributed by atoms with E-state index in [0.29, 0.717) is 0 Å². The van der Waals surface area contributed by atoms with E-state index in [1.165, 1.54) is 32.4 Å². The van der Waals surface area contributed by atoms with E-state index in [0.717, 1.165) is 5.92 Å². The summed E-state index contributed by atoms with van der Waals surface area (Å²) in [6.07, 6.45) is 4.06. The Kier molecular flexibility index (Phi) is 14.2. The molecule has 0 aromatic carbocycles. The fraction of sp³-hybridized carbons (Fsp3) is 1.00. The zero-order valence-electron chi connectivity index (χ0n) is 10.6. The third-order valence-electron chi connectivity index (χ3n) is 2.61. The van der Waals surface area contributed by atoms with Crippen molar-refractivity contribution in [2.75, 3.05) is 20.1 Å². The molecule has 0 fully saturated rings. The fourth-order valence-electron chi connectivity index (χ4n) is 1.26. The summed E-state index contributed by atoms with van der Waals surface area (Å²) in [5, 5.41) is 0. The molecule has 0 aliphatic heterocycles. The molecule has 1 nitrogen and oxygen atoms in total. The maximum atomic E-state index is 2.39. The molecule has 0 unspecified atom stereocenters. The van der Waals surface area contributed by atoms with E-state index in [9.17, 15) is 0 Å².